The van der Waals surface area contributed by atoms with Gasteiger partial charge in [-0.15, -0.1) is 11.3 Å². The van der Waals surface area contributed by atoms with Crippen LogP contribution in [0.4, 0.5) is 23.2 Å². The van der Waals surface area contributed by atoms with E-state index in [0.717, 1.165) is 23.9 Å². The molecule has 0 atom stereocenters. The van der Waals surface area contributed by atoms with Crippen LogP contribution in [0.25, 0.3) is 17.2 Å². The summed E-state index contributed by atoms with van der Waals surface area (Å²) in [7, 11) is 0. The van der Waals surface area contributed by atoms with Crippen LogP contribution in [-0.4, -0.2) is 43.6 Å². The van der Waals surface area contributed by atoms with Crippen molar-refractivity contribution in [2.75, 3.05) is 11.9 Å². The second-order valence-electron chi connectivity index (χ2n) is 7.80. The molecule has 1 aromatic carbocycles. The van der Waals surface area contributed by atoms with Crippen molar-refractivity contribution in [2.45, 2.75) is 12.6 Å². The number of hydrogen-bond acceptors (Lipinski definition) is 7. The first-order chi connectivity index (χ1) is 17.9. The van der Waals surface area contributed by atoms with Crippen LogP contribution in [0.2, 0.25) is 0 Å². The van der Waals surface area contributed by atoms with Gasteiger partial charge in [-0.2, -0.15) is 13.2 Å². The minimum Gasteiger partial charge on any atom is -0.477 e. The third-order valence-electron chi connectivity index (χ3n) is 5.20. The van der Waals surface area contributed by atoms with Crippen molar-refractivity contribution < 1.29 is 37.1 Å². The lowest BCUT2D eigenvalue weighted by Crippen LogP contribution is -2.31. The maximum absolute atomic E-state index is 13.6. The number of aromatic nitrogens is 1. The molecule has 2 N–H and O–H groups in total. The third kappa shape index (κ3) is 6.26. The molecule has 38 heavy (non-hydrogen) atoms. The van der Waals surface area contributed by atoms with Gasteiger partial charge in [0.05, 0.1) is 22.4 Å². The third-order valence-corrected chi connectivity index (χ3v) is 7.46. The highest BCUT2D eigenvalue weighted by molar-refractivity contribution is 8.26. The lowest BCUT2D eigenvalue weighted by atomic mass is 10.0. The van der Waals surface area contributed by atoms with Gasteiger partial charge in [0.15, 0.2) is 0 Å². The number of pyridine rings is 1. The quantitative estimate of drug-likeness (QED) is 0.204. The number of thioether (sulfide) groups is 1. The number of alkyl halides is 3. The Kier molecular flexibility index (Phi) is 7.94. The smallest absolute Gasteiger partial charge is 0.419 e. The van der Waals surface area contributed by atoms with Crippen LogP contribution >= 0.6 is 35.3 Å². The van der Waals surface area contributed by atoms with E-state index in [2.05, 4.69) is 10.3 Å². The Morgan fingerprint density at radius 1 is 1.16 bits per heavy atom. The fourth-order valence-corrected chi connectivity index (χ4v) is 5.58. The molecule has 0 spiro atoms. The molecule has 0 unspecified atom stereocenters. The molecule has 4 rings (SSSR count). The number of benzene rings is 1. The Morgan fingerprint density at radius 2 is 1.92 bits per heavy atom. The standard InChI is InChI=1S/C24H15F4N3O4S3/c25-17-3-1-12(8-16(17)24(26,27)28)13-7-15(37-11-13)9-19-21(33)31(23(36)38-19)6-5-20(32)30-14-2-4-18(22(34)35)29-10-14/h1-4,7-11H,5-6H2,(H,30,32)(H,34,35). The monoisotopic (exact) mass is 581 g/mol. The summed E-state index contributed by atoms with van der Waals surface area (Å²) in [6.45, 7) is -0.0000326. The molecule has 7 nitrogen and oxygen atoms in total. The van der Waals surface area contributed by atoms with Crippen molar-refractivity contribution in [1.29, 1.82) is 0 Å². The number of nitrogens with zero attached hydrogens (tertiary/aromatic N) is 2. The van der Waals surface area contributed by atoms with Crippen LogP contribution in [0.15, 0.2) is 52.9 Å². The number of thiocarbonyl (C=S) groups is 1. The number of anilines is 1. The number of amides is 2. The minimum atomic E-state index is -4.83. The van der Waals surface area contributed by atoms with E-state index in [4.69, 9.17) is 17.3 Å². The molecule has 1 fully saturated rings. The fraction of sp³-hybridized carbons (Fsp3) is 0.125. The zero-order chi connectivity index (χ0) is 27.6. The molecule has 1 aliphatic rings. The van der Waals surface area contributed by atoms with Crippen LogP contribution < -0.4 is 5.32 Å². The minimum absolute atomic E-state index is 0.0000326. The fourth-order valence-electron chi connectivity index (χ4n) is 3.36. The van der Waals surface area contributed by atoms with E-state index in [9.17, 15) is 31.9 Å². The van der Waals surface area contributed by atoms with Crippen LogP contribution in [0.3, 0.4) is 0 Å². The lowest BCUT2D eigenvalue weighted by Gasteiger charge is -2.14. The summed E-state index contributed by atoms with van der Waals surface area (Å²) in [5.41, 5.74) is -0.622. The number of carboxylic acid groups (broad SMARTS) is 1. The van der Waals surface area contributed by atoms with Crippen LogP contribution in [0, 0.1) is 5.82 Å². The Morgan fingerprint density at radius 3 is 2.58 bits per heavy atom. The summed E-state index contributed by atoms with van der Waals surface area (Å²) >= 11 is 7.48. The van der Waals surface area contributed by atoms with E-state index in [1.165, 1.54) is 40.6 Å². The predicted molar refractivity (Wildman–Crippen MR) is 139 cm³/mol. The van der Waals surface area contributed by atoms with Crippen molar-refractivity contribution in [3.8, 4) is 11.1 Å². The van der Waals surface area contributed by atoms with Crippen molar-refractivity contribution >= 4 is 69.2 Å². The van der Waals surface area contributed by atoms with E-state index in [1.807, 2.05) is 0 Å². The summed E-state index contributed by atoms with van der Waals surface area (Å²) in [6, 6.07) is 6.97. The number of carbonyl (C=O) groups excluding carboxylic acids is 2. The first-order valence-electron chi connectivity index (χ1n) is 10.6. The van der Waals surface area contributed by atoms with Gasteiger partial charge in [-0.1, -0.05) is 30.0 Å². The zero-order valence-corrected chi connectivity index (χ0v) is 21.4. The molecule has 14 heteroatoms. The molecule has 0 radical (unpaired) electrons. The first kappa shape index (κ1) is 27.4. The van der Waals surface area contributed by atoms with Crippen molar-refractivity contribution in [3.63, 3.8) is 0 Å². The lowest BCUT2D eigenvalue weighted by molar-refractivity contribution is -0.140. The van der Waals surface area contributed by atoms with Gasteiger partial charge in [-0.05, 0) is 52.9 Å². The van der Waals surface area contributed by atoms with E-state index in [0.29, 0.717) is 16.1 Å². The topological polar surface area (TPSA) is 99.6 Å². The highest BCUT2D eigenvalue weighted by atomic mass is 32.2. The number of rotatable bonds is 7. The molecule has 1 aliphatic heterocycles. The average molecular weight is 582 g/mol. The molecule has 0 aliphatic carbocycles. The molecule has 1 saturated heterocycles. The van der Waals surface area contributed by atoms with E-state index in [-0.39, 0.29) is 33.4 Å². The van der Waals surface area contributed by atoms with E-state index in [1.54, 1.807) is 17.5 Å². The summed E-state index contributed by atoms with van der Waals surface area (Å²) in [6.07, 6.45) is -2.16. The van der Waals surface area contributed by atoms with Gasteiger partial charge in [-0.3, -0.25) is 14.5 Å². The van der Waals surface area contributed by atoms with Gasteiger partial charge in [0, 0.05) is 17.8 Å². The molecule has 196 valence electrons. The molecule has 0 saturated carbocycles. The molecule has 2 aromatic heterocycles. The van der Waals surface area contributed by atoms with Crippen LogP contribution in [-0.2, 0) is 15.8 Å². The Hall–Kier alpha value is -3.62. The van der Waals surface area contributed by atoms with E-state index < -0.39 is 35.3 Å². The average Bonchev–Trinajstić information content (AvgIpc) is 3.42. The molecule has 3 aromatic rings. The van der Waals surface area contributed by atoms with Gasteiger partial charge in [0.25, 0.3) is 5.91 Å². The summed E-state index contributed by atoms with van der Waals surface area (Å²) < 4.78 is 53.0. The number of carbonyl (C=O) groups is 3. The number of nitrogens with one attached hydrogen (secondary N) is 1. The summed E-state index contributed by atoms with van der Waals surface area (Å²) in [5, 5.41) is 13.0. The molecule has 2 amide bonds. The van der Waals surface area contributed by atoms with Crippen molar-refractivity contribution in [3.05, 3.63) is 74.8 Å². The Balaban J connectivity index is 1.40. The first-order valence-corrected chi connectivity index (χ1v) is 12.7. The molecular formula is C24H15F4N3O4S3. The number of aromatic carboxylic acids is 1. The normalized spacial score (nSPS) is 14.8. The van der Waals surface area contributed by atoms with Gasteiger partial charge in [0.2, 0.25) is 5.91 Å². The van der Waals surface area contributed by atoms with Gasteiger partial charge in [-0.25, -0.2) is 14.2 Å². The predicted octanol–water partition coefficient (Wildman–Crippen LogP) is 5.90. The SMILES string of the molecule is O=C(CCN1C(=O)C(=Cc2cc(-c3ccc(F)c(C(F)(F)F)c3)cs2)SC1=S)Nc1ccc(C(=O)O)nc1. The van der Waals surface area contributed by atoms with Crippen molar-refractivity contribution in [2.24, 2.45) is 0 Å². The summed E-state index contributed by atoms with van der Waals surface area (Å²) in [5.74, 6) is -3.42. The molecular weight excluding hydrogens is 566 g/mol. The molecule has 0 bridgehead atoms. The second kappa shape index (κ2) is 11.0. The van der Waals surface area contributed by atoms with Gasteiger partial charge in [0.1, 0.15) is 15.8 Å². The number of thiophene rings is 1. The largest absolute Gasteiger partial charge is 0.477 e. The maximum atomic E-state index is 13.6. The summed E-state index contributed by atoms with van der Waals surface area (Å²) in [4.78, 5) is 41.8. The van der Waals surface area contributed by atoms with Crippen molar-refractivity contribution in [1.82, 2.24) is 9.88 Å². The Bertz CT molecular complexity index is 1470. The number of hydrogen-bond donors (Lipinski definition) is 2. The zero-order valence-electron chi connectivity index (χ0n) is 18.9. The van der Waals surface area contributed by atoms with Gasteiger partial charge >= 0.3 is 12.1 Å². The van der Waals surface area contributed by atoms with E-state index >= 15 is 0 Å². The number of carboxylic acids is 1. The van der Waals surface area contributed by atoms with Crippen LogP contribution in [0.5, 0.6) is 0 Å². The van der Waals surface area contributed by atoms with Crippen LogP contribution in [0.1, 0.15) is 27.3 Å². The Labute approximate surface area is 226 Å². The molecule has 3 heterocycles. The number of halogens is 4. The second-order valence-corrected chi connectivity index (χ2v) is 10.4. The highest BCUT2D eigenvalue weighted by Crippen LogP contribution is 2.37. The van der Waals surface area contributed by atoms with Gasteiger partial charge < -0.3 is 10.4 Å². The maximum Gasteiger partial charge on any atom is 0.419 e. The highest BCUT2D eigenvalue weighted by Gasteiger charge is 2.34.